The Kier molecular flexibility index (Phi) is 4.27. The van der Waals surface area contributed by atoms with E-state index in [1.54, 1.807) is 11.3 Å². The zero-order chi connectivity index (χ0) is 13.2. The first-order valence-electron chi connectivity index (χ1n) is 7.28. The van der Waals surface area contributed by atoms with Gasteiger partial charge in [-0.05, 0) is 50.2 Å². The molecular weight excluding hydrogens is 322 g/mol. The summed E-state index contributed by atoms with van der Waals surface area (Å²) in [6, 6.07) is 2.68. The van der Waals surface area contributed by atoms with E-state index in [0.717, 1.165) is 16.8 Å². The Hall–Kier alpha value is -0.350. The number of amides is 1. The van der Waals surface area contributed by atoms with Gasteiger partial charge in [0.2, 0.25) is 0 Å². The van der Waals surface area contributed by atoms with Crippen LogP contribution in [0.4, 0.5) is 0 Å². The van der Waals surface area contributed by atoms with E-state index in [1.165, 1.54) is 55.4 Å². The minimum Gasteiger partial charge on any atom is -0.334 e. The largest absolute Gasteiger partial charge is 0.334 e. The van der Waals surface area contributed by atoms with Crippen molar-refractivity contribution in [2.24, 2.45) is 0 Å². The molecule has 0 radical (unpaired) electrons. The summed E-state index contributed by atoms with van der Waals surface area (Å²) >= 11 is 5.21. The van der Waals surface area contributed by atoms with E-state index in [9.17, 15) is 4.79 Å². The Bertz CT molecular complexity index is 443. The first-order chi connectivity index (χ1) is 9.29. The van der Waals surface area contributed by atoms with Crippen molar-refractivity contribution in [3.05, 3.63) is 21.4 Å². The van der Waals surface area contributed by atoms with Crippen molar-refractivity contribution < 1.29 is 4.79 Å². The topological polar surface area (TPSA) is 20.3 Å². The normalized spacial score (nSPS) is 18.8. The van der Waals surface area contributed by atoms with Gasteiger partial charge in [0.25, 0.3) is 5.91 Å². The number of carbonyl (C=O) groups is 1. The average molecular weight is 342 g/mol. The van der Waals surface area contributed by atoms with Gasteiger partial charge in [0.15, 0.2) is 0 Å². The number of thiophene rings is 1. The van der Waals surface area contributed by atoms with Crippen LogP contribution in [0, 0.1) is 0 Å². The Labute approximate surface area is 127 Å². The summed E-state index contributed by atoms with van der Waals surface area (Å²) in [7, 11) is 0. The van der Waals surface area contributed by atoms with Crippen LogP contribution in [0.5, 0.6) is 0 Å². The van der Waals surface area contributed by atoms with Crippen molar-refractivity contribution in [2.75, 3.05) is 11.9 Å². The SMILES string of the molecule is O=C(c1cc2c(s1)CCCCC2)N(CCBr)C1CC1. The number of halogens is 1. The van der Waals surface area contributed by atoms with Gasteiger partial charge >= 0.3 is 0 Å². The minimum absolute atomic E-state index is 0.264. The molecule has 0 bridgehead atoms. The van der Waals surface area contributed by atoms with Crippen molar-refractivity contribution in [3.8, 4) is 0 Å². The van der Waals surface area contributed by atoms with E-state index >= 15 is 0 Å². The van der Waals surface area contributed by atoms with E-state index in [-0.39, 0.29) is 5.91 Å². The molecule has 104 valence electrons. The standard InChI is InChI=1S/C15H20BrNOS/c16-8-9-17(12-6-7-12)15(18)14-10-11-4-2-1-3-5-13(11)19-14/h10,12H,1-9H2. The maximum Gasteiger partial charge on any atom is 0.264 e. The molecule has 0 saturated heterocycles. The molecule has 0 aromatic carbocycles. The van der Waals surface area contributed by atoms with E-state index in [1.807, 2.05) is 0 Å². The Morgan fingerprint density at radius 3 is 2.84 bits per heavy atom. The van der Waals surface area contributed by atoms with Crippen LogP contribution in [0.3, 0.4) is 0 Å². The van der Waals surface area contributed by atoms with Gasteiger partial charge in [-0.3, -0.25) is 4.79 Å². The lowest BCUT2D eigenvalue weighted by atomic mass is 10.1. The fraction of sp³-hybridized carbons (Fsp3) is 0.667. The van der Waals surface area contributed by atoms with E-state index in [0.29, 0.717) is 6.04 Å². The average Bonchev–Trinajstić information content (AvgIpc) is 3.20. The molecule has 0 aliphatic heterocycles. The molecule has 0 atom stereocenters. The highest BCUT2D eigenvalue weighted by molar-refractivity contribution is 9.09. The van der Waals surface area contributed by atoms with Gasteiger partial charge in [-0.1, -0.05) is 22.4 Å². The molecule has 19 heavy (non-hydrogen) atoms. The van der Waals surface area contributed by atoms with Crippen LogP contribution in [0.2, 0.25) is 0 Å². The predicted octanol–water partition coefficient (Wildman–Crippen LogP) is 4.02. The third-order valence-electron chi connectivity index (χ3n) is 4.03. The van der Waals surface area contributed by atoms with E-state index in [4.69, 9.17) is 0 Å². The number of rotatable bonds is 4. The molecule has 1 heterocycles. The Balaban J connectivity index is 1.79. The fourth-order valence-electron chi connectivity index (χ4n) is 2.84. The lowest BCUT2D eigenvalue weighted by Gasteiger charge is -2.20. The van der Waals surface area contributed by atoms with Gasteiger partial charge < -0.3 is 4.90 Å². The van der Waals surface area contributed by atoms with Gasteiger partial charge in [0.05, 0.1) is 4.88 Å². The minimum atomic E-state index is 0.264. The lowest BCUT2D eigenvalue weighted by molar-refractivity contribution is 0.0759. The van der Waals surface area contributed by atoms with Crippen LogP contribution < -0.4 is 0 Å². The number of alkyl halides is 1. The van der Waals surface area contributed by atoms with Gasteiger partial charge in [-0.2, -0.15) is 0 Å². The van der Waals surface area contributed by atoms with Crippen molar-refractivity contribution in [2.45, 2.75) is 51.0 Å². The Morgan fingerprint density at radius 2 is 2.11 bits per heavy atom. The summed E-state index contributed by atoms with van der Waals surface area (Å²) in [5.74, 6) is 0.264. The van der Waals surface area contributed by atoms with E-state index in [2.05, 4.69) is 26.9 Å². The van der Waals surface area contributed by atoms with Crippen molar-refractivity contribution >= 4 is 33.2 Å². The van der Waals surface area contributed by atoms with Crippen molar-refractivity contribution in [3.63, 3.8) is 0 Å². The third kappa shape index (κ3) is 3.05. The molecule has 1 aromatic rings. The number of hydrogen-bond donors (Lipinski definition) is 0. The summed E-state index contributed by atoms with van der Waals surface area (Å²) in [5.41, 5.74) is 1.44. The maximum absolute atomic E-state index is 12.6. The molecular formula is C15H20BrNOS. The molecule has 3 rings (SSSR count). The van der Waals surface area contributed by atoms with E-state index < -0.39 is 0 Å². The van der Waals surface area contributed by atoms with Crippen LogP contribution >= 0.6 is 27.3 Å². The van der Waals surface area contributed by atoms with Crippen molar-refractivity contribution in [1.29, 1.82) is 0 Å². The highest BCUT2D eigenvalue weighted by atomic mass is 79.9. The first kappa shape index (κ1) is 13.6. The molecule has 2 nitrogen and oxygen atoms in total. The molecule has 2 aliphatic carbocycles. The Morgan fingerprint density at radius 1 is 1.32 bits per heavy atom. The van der Waals surface area contributed by atoms with Crippen LogP contribution in [-0.2, 0) is 12.8 Å². The first-order valence-corrected chi connectivity index (χ1v) is 9.22. The smallest absolute Gasteiger partial charge is 0.264 e. The second kappa shape index (κ2) is 5.96. The molecule has 1 saturated carbocycles. The maximum atomic E-state index is 12.6. The van der Waals surface area contributed by atoms with Gasteiger partial charge in [0.1, 0.15) is 0 Å². The lowest BCUT2D eigenvalue weighted by Crippen LogP contribution is -2.34. The number of carbonyl (C=O) groups excluding carboxylic acids is 1. The predicted molar refractivity (Wildman–Crippen MR) is 83.4 cm³/mol. The quantitative estimate of drug-likeness (QED) is 0.598. The van der Waals surface area contributed by atoms with Crippen LogP contribution in [0.1, 0.15) is 52.2 Å². The van der Waals surface area contributed by atoms with Gasteiger partial charge in [0, 0.05) is 22.8 Å². The van der Waals surface area contributed by atoms with Crippen LogP contribution in [0.15, 0.2) is 6.07 Å². The summed E-state index contributed by atoms with van der Waals surface area (Å²) in [5, 5.41) is 0.875. The zero-order valence-electron chi connectivity index (χ0n) is 11.2. The molecule has 1 aromatic heterocycles. The molecule has 2 aliphatic rings. The summed E-state index contributed by atoms with van der Waals surface area (Å²) in [6.07, 6.45) is 8.62. The van der Waals surface area contributed by atoms with Crippen LogP contribution in [-0.4, -0.2) is 28.7 Å². The summed E-state index contributed by atoms with van der Waals surface area (Å²) < 4.78 is 0. The zero-order valence-corrected chi connectivity index (χ0v) is 13.6. The summed E-state index contributed by atoms with van der Waals surface area (Å²) in [6.45, 7) is 0.839. The molecule has 0 unspecified atom stereocenters. The molecule has 1 fully saturated rings. The number of fused-ring (bicyclic) bond motifs is 1. The molecule has 0 spiro atoms. The number of nitrogens with zero attached hydrogens (tertiary/aromatic N) is 1. The molecule has 4 heteroatoms. The number of hydrogen-bond acceptors (Lipinski definition) is 2. The third-order valence-corrected chi connectivity index (χ3v) is 5.61. The highest BCUT2D eigenvalue weighted by Crippen LogP contribution is 2.33. The van der Waals surface area contributed by atoms with Gasteiger partial charge in [-0.15, -0.1) is 11.3 Å². The molecule has 1 amide bonds. The summed E-state index contributed by atoms with van der Waals surface area (Å²) in [4.78, 5) is 17.1. The second-order valence-electron chi connectivity index (χ2n) is 5.54. The number of aryl methyl sites for hydroxylation is 2. The monoisotopic (exact) mass is 341 g/mol. The fourth-order valence-corrected chi connectivity index (χ4v) is 4.43. The highest BCUT2D eigenvalue weighted by Gasteiger charge is 2.33. The van der Waals surface area contributed by atoms with Crippen LogP contribution in [0.25, 0.3) is 0 Å². The van der Waals surface area contributed by atoms with Gasteiger partial charge in [-0.25, -0.2) is 0 Å². The van der Waals surface area contributed by atoms with Crippen molar-refractivity contribution in [1.82, 2.24) is 4.90 Å². The molecule has 0 N–H and O–H groups in total. The second-order valence-corrected chi connectivity index (χ2v) is 7.47.